The first-order valence-electron chi connectivity index (χ1n) is 4.70. The van der Waals surface area contributed by atoms with Crippen molar-refractivity contribution in [2.45, 2.75) is 19.4 Å². The van der Waals surface area contributed by atoms with E-state index in [2.05, 4.69) is 23.8 Å². The Morgan fingerprint density at radius 1 is 1.79 bits per heavy atom. The summed E-state index contributed by atoms with van der Waals surface area (Å²) in [5, 5.41) is 6.51. The zero-order chi connectivity index (χ0) is 10.2. The van der Waals surface area contributed by atoms with E-state index in [4.69, 9.17) is 4.74 Å². The van der Waals surface area contributed by atoms with Crippen LogP contribution < -0.4 is 5.32 Å². The van der Waals surface area contributed by atoms with Gasteiger partial charge >= 0.3 is 0 Å². The minimum absolute atomic E-state index is 0.332. The van der Waals surface area contributed by atoms with E-state index in [-0.39, 0.29) is 0 Å². The van der Waals surface area contributed by atoms with Crippen LogP contribution in [0, 0.1) is 0 Å². The highest BCUT2D eigenvalue weighted by atomic mass is 32.1. The van der Waals surface area contributed by atoms with Crippen molar-refractivity contribution >= 4 is 11.3 Å². The lowest BCUT2D eigenvalue weighted by atomic mass is 10.3. The van der Waals surface area contributed by atoms with E-state index in [9.17, 15) is 0 Å². The Morgan fingerprint density at radius 3 is 3.29 bits per heavy atom. The highest BCUT2D eigenvalue weighted by Crippen LogP contribution is 2.14. The molecule has 1 atom stereocenters. The molecule has 1 unspecified atom stereocenters. The summed E-state index contributed by atoms with van der Waals surface area (Å²) in [6, 6.07) is 0.332. The minimum Gasteiger partial charge on any atom is -0.502 e. The fourth-order valence-electron chi connectivity index (χ4n) is 1.09. The summed E-state index contributed by atoms with van der Waals surface area (Å²) in [5.41, 5.74) is 0. The van der Waals surface area contributed by atoms with Crippen molar-refractivity contribution in [1.82, 2.24) is 10.3 Å². The largest absolute Gasteiger partial charge is 0.502 e. The highest BCUT2D eigenvalue weighted by Gasteiger charge is 2.05. The van der Waals surface area contributed by atoms with Crippen LogP contribution in [0.3, 0.4) is 0 Å². The van der Waals surface area contributed by atoms with E-state index < -0.39 is 0 Å². The average molecular weight is 212 g/mol. The molecule has 78 valence electrons. The molecule has 0 aliphatic heterocycles. The maximum absolute atomic E-state index is 5.02. The average Bonchev–Trinajstić information content (AvgIpc) is 2.70. The van der Waals surface area contributed by atoms with E-state index in [0.29, 0.717) is 6.04 Å². The van der Waals surface area contributed by atoms with E-state index >= 15 is 0 Å². The third-order valence-electron chi connectivity index (χ3n) is 1.83. The van der Waals surface area contributed by atoms with Crippen molar-refractivity contribution in [3.63, 3.8) is 0 Å². The van der Waals surface area contributed by atoms with Crippen LogP contribution in [0.25, 0.3) is 0 Å². The Morgan fingerprint density at radius 2 is 2.64 bits per heavy atom. The van der Waals surface area contributed by atoms with Gasteiger partial charge in [-0.15, -0.1) is 11.3 Å². The quantitative estimate of drug-likeness (QED) is 0.556. The number of hydrogen-bond donors (Lipinski definition) is 1. The van der Waals surface area contributed by atoms with Gasteiger partial charge in [-0.2, -0.15) is 0 Å². The van der Waals surface area contributed by atoms with Crippen molar-refractivity contribution in [3.05, 3.63) is 29.4 Å². The second kappa shape index (κ2) is 6.56. The lowest BCUT2D eigenvalue weighted by Crippen LogP contribution is -2.20. The summed E-state index contributed by atoms with van der Waals surface area (Å²) in [4.78, 5) is 4.24. The molecule has 0 radical (unpaired) electrons. The van der Waals surface area contributed by atoms with Crippen LogP contribution >= 0.6 is 11.3 Å². The molecule has 0 saturated carbocycles. The van der Waals surface area contributed by atoms with Crippen LogP contribution in [-0.2, 0) is 4.74 Å². The number of nitrogens with zero attached hydrogens (tertiary/aromatic N) is 1. The first kappa shape index (κ1) is 11.2. The Bertz CT molecular complexity index is 249. The van der Waals surface area contributed by atoms with Gasteiger partial charge in [-0.1, -0.05) is 6.58 Å². The van der Waals surface area contributed by atoms with Gasteiger partial charge in [0.2, 0.25) is 0 Å². The molecule has 1 aromatic rings. The van der Waals surface area contributed by atoms with Crippen LogP contribution in [0.1, 0.15) is 24.4 Å². The summed E-state index contributed by atoms with van der Waals surface area (Å²) in [6.07, 6.45) is 4.30. The van der Waals surface area contributed by atoms with Crippen LogP contribution in [0.2, 0.25) is 0 Å². The lowest BCUT2D eigenvalue weighted by Gasteiger charge is -2.10. The molecule has 0 saturated heterocycles. The molecule has 0 amide bonds. The SMILES string of the molecule is C=COCCCNC(C)c1nccs1. The van der Waals surface area contributed by atoms with Gasteiger partial charge in [-0.25, -0.2) is 4.98 Å². The molecule has 1 rings (SSSR count). The van der Waals surface area contributed by atoms with E-state index in [0.717, 1.165) is 24.6 Å². The van der Waals surface area contributed by atoms with Gasteiger partial charge in [0.05, 0.1) is 18.9 Å². The first-order valence-corrected chi connectivity index (χ1v) is 5.58. The molecule has 3 nitrogen and oxygen atoms in total. The summed E-state index contributed by atoms with van der Waals surface area (Å²) < 4.78 is 5.02. The summed E-state index contributed by atoms with van der Waals surface area (Å²) in [5.74, 6) is 0. The number of hydrogen-bond acceptors (Lipinski definition) is 4. The molecule has 0 aliphatic rings. The molecule has 1 N–H and O–H groups in total. The number of aromatic nitrogens is 1. The molecule has 0 spiro atoms. The molecule has 1 heterocycles. The molecule has 1 aromatic heterocycles. The van der Waals surface area contributed by atoms with Crippen molar-refractivity contribution < 1.29 is 4.74 Å². The Kier molecular flexibility index (Phi) is 5.25. The second-order valence-electron chi connectivity index (χ2n) is 2.94. The molecule has 0 fully saturated rings. The van der Waals surface area contributed by atoms with Gasteiger partial charge in [-0.05, 0) is 19.9 Å². The molecular formula is C10H16N2OS. The van der Waals surface area contributed by atoms with Crippen molar-refractivity contribution in [3.8, 4) is 0 Å². The Labute approximate surface area is 88.8 Å². The van der Waals surface area contributed by atoms with Gasteiger partial charge in [0.25, 0.3) is 0 Å². The van der Waals surface area contributed by atoms with Crippen LogP contribution in [-0.4, -0.2) is 18.1 Å². The van der Waals surface area contributed by atoms with Crippen molar-refractivity contribution in [1.29, 1.82) is 0 Å². The smallest absolute Gasteiger partial charge is 0.109 e. The molecular weight excluding hydrogens is 196 g/mol. The topological polar surface area (TPSA) is 34.1 Å². The predicted octanol–water partition coefficient (Wildman–Crippen LogP) is 2.34. The van der Waals surface area contributed by atoms with Gasteiger partial charge in [-0.3, -0.25) is 0 Å². The number of ether oxygens (including phenoxy) is 1. The summed E-state index contributed by atoms with van der Waals surface area (Å²) in [7, 11) is 0. The van der Waals surface area contributed by atoms with Gasteiger partial charge in [0.15, 0.2) is 0 Å². The lowest BCUT2D eigenvalue weighted by molar-refractivity contribution is 0.243. The maximum atomic E-state index is 5.02. The normalized spacial score (nSPS) is 12.4. The molecule has 4 heteroatoms. The molecule has 14 heavy (non-hydrogen) atoms. The monoisotopic (exact) mass is 212 g/mol. The van der Waals surface area contributed by atoms with Crippen LogP contribution in [0.5, 0.6) is 0 Å². The zero-order valence-corrected chi connectivity index (χ0v) is 9.22. The molecule has 0 bridgehead atoms. The number of thiazole rings is 1. The predicted molar refractivity (Wildman–Crippen MR) is 59.3 cm³/mol. The van der Waals surface area contributed by atoms with E-state index in [1.807, 2.05) is 11.6 Å². The van der Waals surface area contributed by atoms with Gasteiger partial charge in [0.1, 0.15) is 5.01 Å². The maximum Gasteiger partial charge on any atom is 0.109 e. The van der Waals surface area contributed by atoms with E-state index in [1.165, 1.54) is 6.26 Å². The standard InChI is InChI=1S/C10H16N2OS/c1-3-13-7-4-5-11-9(2)10-12-6-8-14-10/h3,6,8-9,11H,1,4-5,7H2,2H3. The third-order valence-corrected chi connectivity index (χ3v) is 2.79. The zero-order valence-electron chi connectivity index (χ0n) is 8.40. The van der Waals surface area contributed by atoms with Crippen LogP contribution in [0.15, 0.2) is 24.4 Å². The van der Waals surface area contributed by atoms with Gasteiger partial charge in [0, 0.05) is 11.6 Å². The third kappa shape index (κ3) is 3.89. The molecule has 0 aliphatic carbocycles. The Balaban J connectivity index is 2.10. The second-order valence-corrected chi connectivity index (χ2v) is 3.86. The highest BCUT2D eigenvalue weighted by molar-refractivity contribution is 7.09. The van der Waals surface area contributed by atoms with Crippen LogP contribution in [0.4, 0.5) is 0 Å². The summed E-state index contributed by atoms with van der Waals surface area (Å²) >= 11 is 1.68. The summed E-state index contributed by atoms with van der Waals surface area (Å²) in [6.45, 7) is 7.26. The fourth-order valence-corrected chi connectivity index (χ4v) is 1.76. The van der Waals surface area contributed by atoms with Gasteiger partial charge < -0.3 is 10.1 Å². The van der Waals surface area contributed by atoms with Crippen molar-refractivity contribution in [2.24, 2.45) is 0 Å². The first-order chi connectivity index (χ1) is 6.84. The minimum atomic E-state index is 0.332. The van der Waals surface area contributed by atoms with E-state index in [1.54, 1.807) is 11.3 Å². The Hall–Kier alpha value is -0.870. The molecule has 0 aromatic carbocycles. The van der Waals surface area contributed by atoms with Crippen molar-refractivity contribution in [2.75, 3.05) is 13.2 Å². The fraction of sp³-hybridized carbons (Fsp3) is 0.500. The number of rotatable bonds is 7. The number of nitrogens with one attached hydrogen (secondary N) is 1.